The van der Waals surface area contributed by atoms with Crippen LogP contribution in [-0.2, 0) is 11.3 Å². The summed E-state index contributed by atoms with van der Waals surface area (Å²) < 4.78 is 10.6. The van der Waals surface area contributed by atoms with E-state index in [1.807, 2.05) is 24.3 Å². The molecule has 152 valence electrons. The molecule has 1 amide bonds. The maximum atomic E-state index is 12.1. The molecule has 0 aliphatic carbocycles. The Labute approximate surface area is 174 Å². The first-order chi connectivity index (χ1) is 14.6. The van der Waals surface area contributed by atoms with Crippen LogP contribution >= 0.6 is 0 Å². The normalized spacial score (nSPS) is 10.6. The van der Waals surface area contributed by atoms with Gasteiger partial charge in [-0.05, 0) is 54.1 Å². The lowest BCUT2D eigenvalue weighted by molar-refractivity contribution is 0.0600. The zero-order valence-corrected chi connectivity index (χ0v) is 16.4. The van der Waals surface area contributed by atoms with Gasteiger partial charge < -0.3 is 15.2 Å². The summed E-state index contributed by atoms with van der Waals surface area (Å²) in [4.78, 5) is 23.6. The zero-order valence-electron chi connectivity index (χ0n) is 16.4. The largest absolute Gasteiger partial charge is 0.488 e. The van der Waals surface area contributed by atoms with E-state index in [4.69, 9.17) is 10.5 Å². The molecule has 0 saturated heterocycles. The number of para-hydroxylation sites is 1. The molecule has 3 aromatic rings. The Kier molecular flexibility index (Phi) is 6.78. The van der Waals surface area contributed by atoms with E-state index in [0.29, 0.717) is 34.7 Å². The van der Waals surface area contributed by atoms with Crippen LogP contribution in [0.25, 0.3) is 0 Å². The molecule has 3 rings (SSSR count). The van der Waals surface area contributed by atoms with Crippen LogP contribution in [0.3, 0.4) is 0 Å². The summed E-state index contributed by atoms with van der Waals surface area (Å²) in [6.45, 7) is 0.310. The van der Waals surface area contributed by atoms with E-state index in [9.17, 15) is 9.59 Å². The molecule has 0 bridgehead atoms. The summed E-state index contributed by atoms with van der Waals surface area (Å²) in [5, 5.41) is 4.01. The predicted octanol–water partition coefficient (Wildman–Crippen LogP) is 3.40. The molecule has 3 N–H and O–H groups in total. The van der Waals surface area contributed by atoms with Crippen molar-refractivity contribution in [3.63, 3.8) is 0 Å². The number of amides is 1. The highest BCUT2D eigenvalue weighted by molar-refractivity contribution is 5.95. The molecular formula is C23H21N3O4. The van der Waals surface area contributed by atoms with Crippen molar-refractivity contribution in [2.75, 3.05) is 12.8 Å². The number of anilines is 1. The number of benzene rings is 3. The Balaban J connectivity index is 1.61. The minimum atomic E-state index is -0.384. The lowest BCUT2D eigenvalue weighted by atomic mass is 10.1. The standard InChI is InChI=1S/C23H21N3O4/c1-29-23(28)18-8-6-16(7-9-18)15-30-21-5-3-2-4-19(21)14-25-26-22(27)17-10-12-20(24)13-11-17/h2-14H,15,24H2,1H3,(H,26,27)/b25-14+. The monoisotopic (exact) mass is 403 g/mol. The molecule has 0 radical (unpaired) electrons. The van der Waals surface area contributed by atoms with Gasteiger partial charge in [-0.3, -0.25) is 4.79 Å². The Morgan fingerprint density at radius 2 is 1.63 bits per heavy atom. The average Bonchev–Trinajstić information content (AvgIpc) is 2.78. The lowest BCUT2D eigenvalue weighted by Crippen LogP contribution is -2.17. The topological polar surface area (TPSA) is 103 Å². The number of hydrogen-bond donors (Lipinski definition) is 2. The van der Waals surface area contributed by atoms with Gasteiger partial charge in [-0.15, -0.1) is 0 Å². The summed E-state index contributed by atoms with van der Waals surface area (Å²) in [5.41, 5.74) is 11.2. The Morgan fingerprint density at radius 1 is 0.967 bits per heavy atom. The zero-order chi connectivity index (χ0) is 21.3. The number of carbonyl (C=O) groups is 2. The summed E-state index contributed by atoms with van der Waals surface area (Å²) in [6, 6.07) is 20.9. The number of ether oxygens (including phenoxy) is 2. The van der Waals surface area contributed by atoms with Gasteiger partial charge in [0.2, 0.25) is 0 Å². The molecule has 0 spiro atoms. The number of methoxy groups -OCH3 is 1. The minimum Gasteiger partial charge on any atom is -0.488 e. The van der Waals surface area contributed by atoms with E-state index in [-0.39, 0.29) is 11.9 Å². The molecule has 0 atom stereocenters. The number of esters is 1. The van der Waals surface area contributed by atoms with Crippen molar-refractivity contribution in [3.8, 4) is 5.75 Å². The van der Waals surface area contributed by atoms with Gasteiger partial charge in [0.1, 0.15) is 12.4 Å². The summed E-state index contributed by atoms with van der Waals surface area (Å²) in [5.74, 6) is -0.111. The van der Waals surface area contributed by atoms with Crippen molar-refractivity contribution >= 4 is 23.8 Å². The van der Waals surface area contributed by atoms with Crippen LogP contribution in [0, 0.1) is 0 Å². The van der Waals surface area contributed by atoms with Crippen molar-refractivity contribution in [2.24, 2.45) is 5.10 Å². The van der Waals surface area contributed by atoms with E-state index < -0.39 is 0 Å². The van der Waals surface area contributed by atoms with Gasteiger partial charge in [0.15, 0.2) is 0 Å². The van der Waals surface area contributed by atoms with Gasteiger partial charge >= 0.3 is 5.97 Å². The van der Waals surface area contributed by atoms with Crippen LogP contribution in [0.5, 0.6) is 5.75 Å². The van der Waals surface area contributed by atoms with Crippen LogP contribution in [0.15, 0.2) is 77.9 Å². The maximum Gasteiger partial charge on any atom is 0.337 e. The quantitative estimate of drug-likeness (QED) is 0.272. The van der Waals surface area contributed by atoms with Crippen LogP contribution in [-0.4, -0.2) is 25.2 Å². The fourth-order valence-corrected chi connectivity index (χ4v) is 2.59. The summed E-state index contributed by atoms with van der Waals surface area (Å²) in [7, 11) is 1.34. The molecule has 0 saturated carbocycles. The first-order valence-corrected chi connectivity index (χ1v) is 9.15. The first-order valence-electron chi connectivity index (χ1n) is 9.15. The Morgan fingerprint density at radius 3 is 2.33 bits per heavy atom. The van der Waals surface area contributed by atoms with Crippen LogP contribution in [0.2, 0.25) is 0 Å². The fourth-order valence-electron chi connectivity index (χ4n) is 2.59. The van der Waals surface area contributed by atoms with Crippen molar-refractivity contribution in [3.05, 3.63) is 95.1 Å². The number of carbonyl (C=O) groups excluding carboxylic acids is 2. The second-order valence-corrected chi connectivity index (χ2v) is 6.34. The molecule has 0 aromatic heterocycles. The molecule has 0 aliphatic rings. The number of nitrogen functional groups attached to an aromatic ring is 1. The van der Waals surface area contributed by atoms with Gasteiger partial charge in [-0.2, -0.15) is 5.10 Å². The highest BCUT2D eigenvalue weighted by Gasteiger charge is 2.06. The van der Waals surface area contributed by atoms with Crippen molar-refractivity contribution in [1.82, 2.24) is 5.43 Å². The second kappa shape index (κ2) is 9.88. The fraction of sp³-hybridized carbons (Fsp3) is 0.0870. The molecule has 7 nitrogen and oxygen atoms in total. The number of nitrogens with two attached hydrogens (primary N) is 1. The van der Waals surface area contributed by atoms with Crippen molar-refractivity contribution in [2.45, 2.75) is 6.61 Å². The van der Waals surface area contributed by atoms with E-state index in [2.05, 4.69) is 15.3 Å². The van der Waals surface area contributed by atoms with Gasteiger partial charge in [0, 0.05) is 16.8 Å². The molecule has 0 unspecified atom stereocenters. The molecule has 0 heterocycles. The third kappa shape index (κ3) is 5.45. The molecule has 7 heteroatoms. The van der Waals surface area contributed by atoms with Crippen LogP contribution < -0.4 is 15.9 Å². The summed E-state index contributed by atoms with van der Waals surface area (Å²) >= 11 is 0. The van der Waals surface area contributed by atoms with E-state index in [1.165, 1.54) is 13.3 Å². The third-order valence-corrected chi connectivity index (χ3v) is 4.23. The van der Waals surface area contributed by atoms with E-state index >= 15 is 0 Å². The molecule has 30 heavy (non-hydrogen) atoms. The smallest absolute Gasteiger partial charge is 0.337 e. The van der Waals surface area contributed by atoms with Gasteiger partial charge in [0.25, 0.3) is 5.91 Å². The van der Waals surface area contributed by atoms with Crippen LogP contribution in [0.4, 0.5) is 5.69 Å². The number of hydrazone groups is 1. The summed E-state index contributed by atoms with van der Waals surface area (Å²) in [6.07, 6.45) is 1.52. The average molecular weight is 403 g/mol. The van der Waals surface area contributed by atoms with E-state index in [1.54, 1.807) is 48.5 Å². The highest BCUT2D eigenvalue weighted by Crippen LogP contribution is 2.18. The number of nitrogens with one attached hydrogen (secondary N) is 1. The first kappa shape index (κ1) is 20.6. The van der Waals surface area contributed by atoms with E-state index in [0.717, 1.165) is 5.56 Å². The predicted molar refractivity (Wildman–Crippen MR) is 114 cm³/mol. The number of rotatable bonds is 7. The highest BCUT2D eigenvalue weighted by atomic mass is 16.5. The van der Waals surface area contributed by atoms with Gasteiger partial charge in [0.05, 0.1) is 18.9 Å². The number of nitrogens with zero attached hydrogens (tertiary/aromatic N) is 1. The lowest BCUT2D eigenvalue weighted by Gasteiger charge is -2.09. The maximum absolute atomic E-state index is 12.1. The SMILES string of the molecule is COC(=O)c1ccc(COc2ccccc2/C=N/NC(=O)c2ccc(N)cc2)cc1. The Hall–Kier alpha value is -4.13. The molecular weight excluding hydrogens is 382 g/mol. The Bertz CT molecular complexity index is 1040. The third-order valence-electron chi connectivity index (χ3n) is 4.23. The van der Waals surface area contributed by atoms with Crippen LogP contribution in [0.1, 0.15) is 31.8 Å². The number of hydrogen-bond acceptors (Lipinski definition) is 6. The minimum absolute atomic E-state index is 0.310. The van der Waals surface area contributed by atoms with Crippen molar-refractivity contribution < 1.29 is 19.1 Å². The molecule has 0 fully saturated rings. The molecule has 0 aliphatic heterocycles. The molecule has 3 aromatic carbocycles. The van der Waals surface area contributed by atoms with Gasteiger partial charge in [-0.1, -0.05) is 24.3 Å². The van der Waals surface area contributed by atoms with Gasteiger partial charge in [-0.25, -0.2) is 10.2 Å². The second-order valence-electron chi connectivity index (χ2n) is 6.34. The van der Waals surface area contributed by atoms with Crippen molar-refractivity contribution in [1.29, 1.82) is 0 Å².